The number of benzene rings is 3. The number of halogens is 2. The van der Waals surface area contributed by atoms with Gasteiger partial charge in [0.05, 0.1) is 5.52 Å². The van der Waals surface area contributed by atoms with Crippen LogP contribution in [0.2, 0.25) is 10.0 Å². The van der Waals surface area contributed by atoms with Gasteiger partial charge in [-0.3, -0.25) is 9.59 Å². The average Bonchev–Trinajstić information content (AvgIpc) is 3.16. The lowest BCUT2D eigenvalue weighted by Gasteiger charge is -2.12. The summed E-state index contributed by atoms with van der Waals surface area (Å²) in [7, 11) is 0. The number of ketones is 1. The molecule has 0 saturated carbocycles. The number of nitrogens with zero attached hydrogens (tertiary/aromatic N) is 1. The Morgan fingerprint density at radius 2 is 1.66 bits per heavy atom. The van der Waals surface area contributed by atoms with E-state index >= 15 is 0 Å². The van der Waals surface area contributed by atoms with Gasteiger partial charge in [0.25, 0.3) is 5.56 Å². The molecule has 2 heterocycles. The minimum atomic E-state index is -0.0680. The molecule has 5 heteroatoms. The van der Waals surface area contributed by atoms with E-state index in [-0.39, 0.29) is 11.3 Å². The first-order valence-corrected chi connectivity index (χ1v) is 10.0. The van der Waals surface area contributed by atoms with Crippen molar-refractivity contribution < 1.29 is 4.79 Å². The Labute approximate surface area is 177 Å². The zero-order valence-electron chi connectivity index (χ0n) is 15.3. The number of carbonyl (C=O) groups excluding carboxylic acids is 1. The molecular weight excluding hydrogens is 405 g/mol. The van der Waals surface area contributed by atoms with Crippen molar-refractivity contribution >= 4 is 39.9 Å². The first-order valence-electron chi connectivity index (χ1n) is 9.28. The van der Waals surface area contributed by atoms with Crippen LogP contribution >= 0.6 is 23.2 Å². The quantitative estimate of drug-likeness (QED) is 0.395. The molecule has 4 aromatic rings. The zero-order chi connectivity index (χ0) is 20.1. The van der Waals surface area contributed by atoms with Crippen molar-refractivity contribution in [2.75, 3.05) is 0 Å². The highest BCUT2D eigenvalue weighted by atomic mass is 35.5. The first-order chi connectivity index (χ1) is 14.0. The summed E-state index contributed by atoms with van der Waals surface area (Å²) in [5, 5.41) is 2.08. The summed E-state index contributed by atoms with van der Waals surface area (Å²) in [5.41, 5.74) is 4.71. The van der Waals surface area contributed by atoms with Crippen molar-refractivity contribution in [3.8, 4) is 11.1 Å². The van der Waals surface area contributed by atoms with Crippen molar-refractivity contribution in [2.45, 2.75) is 13.0 Å². The van der Waals surface area contributed by atoms with Gasteiger partial charge in [-0.25, -0.2) is 0 Å². The van der Waals surface area contributed by atoms with Crippen LogP contribution in [0.4, 0.5) is 0 Å². The largest absolute Gasteiger partial charge is 0.308 e. The maximum atomic E-state index is 13.1. The van der Waals surface area contributed by atoms with Crippen molar-refractivity contribution in [1.82, 2.24) is 4.57 Å². The Hall–Kier alpha value is -2.88. The van der Waals surface area contributed by atoms with Crippen LogP contribution < -0.4 is 5.56 Å². The Morgan fingerprint density at radius 1 is 0.862 bits per heavy atom. The molecule has 0 amide bonds. The molecule has 3 aromatic carbocycles. The average molecular weight is 420 g/mol. The van der Waals surface area contributed by atoms with E-state index in [0.29, 0.717) is 27.7 Å². The lowest BCUT2D eigenvalue weighted by molar-refractivity contribution is 0.103. The molecule has 0 atom stereocenters. The van der Waals surface area contributed by atoms with Crippen molar-refractivity contribution in [3.63, 3.8) is 0 Å². The fraction of sp³-hybridized carbons (Fsp3) is 0.0833. The second-order valence-corrected chi connectivity index (χ2v) is 8.05. The summed E-state index contributed by atoms with van der Waals surface area (Å²) < 4.78 is 1.79. The highest BCUT2D eigenvalue weighted by molar-refractivity contribution is 6.31. The molecule has 1 aliphatic heterocycles. The van der Waals surface area contributed by atoms with Gasteiger partial charge in [0.15, 0.2) is 5.78 Å². The van der Waals surface area contributed by atoms with Gasteiger partial charge >= 0.3 is 0 Å². The Morgan fingerprint density at radius 3 is 2.41 bits per heavy atom. The standard InChI is InChI=1S/C24H15Cl2NO2/c25-18-6-4-14(5-7-18)24(29)17-10-16-8-9-27-22(28)13-20(21(12-17)23(16)27)15-2-1-3-19(26)11-15/h1-7,10-13H,8-9H2. The second kappa shape index (κ2) is 6.87. The van der Waals surface area contributed by atoms with Crippen LogP contribution in [0.1, 0.15) is 21.5 Å². The van der Waals surface area contributed by atoms with E-state index in [9.17, 15) is 9.59 Å². The highest BCUT2D eigenvalue weighted by Crippen LogP contribution is 2.34. The molecule has 0 spiro atoms. The molecule has 3 nitrogen and oxygen atoms in total. The molecule has 1 aliphatic rings. The molecule has 0 N–H and O–H groups in total. The molecular formula is C24H15Cl2NO2. The summed E-state index contributed by atoms with van der Waals surface area (Å²) in [6.07, 6.45) is 0.729. The molecule has 0 unspecified atom stereocenters. The first kappa shape index (κ1) is 18.2. The van der Waals surface area contributed by atoms with Crippen molar-refractivity contribution in [3.05, 3.63) is 104 Å². The van der Waals surface area contributed by atoms with Crippen LogP contribution in [-0.2, 0) is 13.0 Å². The fourth-order valence-electron chi connectivity index (χ4n) is 4.05. The molecule has 0 fully saturated rings. The number of carbonyl (C=O) groups is 1. The van der Waals surface area contributed by atoms with Gasteiger partial charge in [-0.2, -0.15) is 0 Å². The van der Waals surface area contributed by atoms with Gasteiger partial charge < -0.3 is 4.57 Å². The summed E-state index contributed by atoms with van der Waals surface area (Å²) in [5.74, 6) is -0.0680. The molecule has 0 saturated heterocycles. The second-order valence-electron chi connectivity index (χ2n) is 7.18. The van der Waals surface area contributed by atoms with Gasteiger partial charge in [-0.05, 0) is 71.6 Å². The SMILES string of the molecule is O=C(c1ccc(Cl)cc1)c1cc2c3c(c1)c(-c1cccc(Cl)c1)cc(=O)n3CC2. The van der Waals surface area contributed by atoms with Crippen LogP contribution in [0.25, 0.3) is 22.0 Å². The third-order valence-electron chi connectivity index (χ3n) is 5.39. The van der Waals surface area contributed by atoms with E-state index in [4.69, 9.17) is 23.2 Å². The Balaban J connectivity index is 1.77. The van der Waals surface area contributed by atoms with Crippen LogP contribution in [0.15, 0.2) is 71.5 Å². The number of aryl methyl sites for hydroxylation is 2. The highest BCUT2D eigenvalue weighted by Gasteiger charge is 2.22. The lowest BCUT2D eigenvalue weighted by atomic mass is 9.94. The molecule has 5 rings (SSSR count). The smallest absolute Gasteiger partial charge is 0.251 e. The number of hydrogen-bond donors (Lipinski definition) is 0. The lowest BCUT2D eigenvalue weighted by Crippen LogP contribution is -2.17. The molecule has 0 radical (unpaired) electrons. The fourth-order valence-corrected chi connectivity index (χ4v) is 4.36. The van der Waals surface area contributed by atoms with E-state index < -0.39 is 0 Å². The summed E-state index contributed by atoms with van der Waals surface area (Å²) in [4.78, 5) is 25.8. The normalized spacial score (nSPS) is 12.5. The van der Waals surface area contributed by atoms with Crippen LogP contribution in [0.5, 0.6) is 0 Å². The topological polar surface area (TPSA) is 39.1 Å². The predicted octanol–water partition coefficient (Wildman–Crippen LogP) is 5.76. The Kier molecular flexibility index (Phi) is 4.30. The minimum absolute atomic E-state index is 0.0389. The third kappa shape index (κ3) is 3.07. The molecule has 29 heavy (non-hydrogen) atoms. The Bertz CT molecular complexity index is 1350. The van der Waals surface area contributed by atoms with Gasteiger partial charge in [-0.15, -0.1) is 0 Å². The summed E-state index contributed by atoms with van der Waals surface area (Å²) in [6, 6.07) is 19.7. The van der Waals surface area contributed by atoms with Crippen LogP contribution in [0.3, 0.4) is 0 Å². The van der Waals surface area contributed by atoms with E-state index in [1.807, 2.05) is 30.3 Å². The maximum absolute atomic E-state index is 13.1. The molecule has 1 aromatic heterocycles. The number of pyridine rings is 1. The van der Waals surface area contributed by atoms with Crippen LogP contribution in [-0.4, -0.2) is 10.4 Å². The van der Waals surface area contributed by atoms with Crippen molar-refractivity contribution in [2.24, 2.45) is 0 Å². The van der Waals surface area contributed by atoms with E-state index in [1.165, 1.54) is 0 Å². The predicted molar refractivity (Wildman–Crippen MR) is 117 cm³/mol. The monoisotopic (exact) mass is 419 g/mol. The van der Waals surface area contributed by atoms with Crippen LogP contribution in [0, 0.1) is 0 Å². The maximum Gasteiger partial charge on any atom is 0.251 e. The van der Waals surface area contributed by atoms with E-state index in [1.54, 1.807) is 41.0 Å². The summed E-state index contributed by atoms with van der Waals surface area (Å²) in [6.45, 7) is 0.624. The van der Waals surface area contributed by atoms with E-state index in [2.05, 4.69) is 0 Å². The van der Waals surface area contributed by atoms with Crippen molar-refractivity contribution in [1.29, 1.82) is 0 Å². The third-order valence-corrected chi connectivity index (χ3v) is 5.88. The van der Waals surface area contributed by atoms with Gasteiger partial charge in [0.1, 0.15) is 0 Å². The molecule has 0 aliphatic carbocycles. The van der Waals surface area contributed by atoms with Gasteiger partial charge in [0.2, 0.25) is 0 Å². The number of rotatable bonds is 3. The van der Waals surface area contributed by atoms with Gasteiger partial charge in [0, 0.05) is 39.2 Å². The van der Waals surface area contributed by atoms with E-state index in [0.717, 1.165) is 34.0 Å². The molecule has 142 valence electrons. The number of aromatic nitrogens is 1. The number of hydrogen-bond acceptors (Lipinski definition) is 2. The molecule has 0 bridgehead atoms. The summed E-state index contributed by atoms with van der Waals surface area (Å²) >= 11 is 12.1. The minimum Gasteiger partial charge on any atom is -0.308 e. The zero-order valence-corrected chi connectivity index (χ0v) is 16.8. The van der Waals surface area contributed by atoms with Gasteiger partial charge in [-0.1, -0.05) is 35.3 Å².